The van der Waals surface area contributed by atoms with Crippen molar-refractivity contribution in [3.63, 3.8) is 0 Å². The molecule has 2 aromatic carbocycles. The highest BCUT2D eigenvalue weighted by Crippen LogP contribution is 2.26. The molecule has 0 amide bonds. The minimum Gasteiger partial charge on any atom is -0.457 e. The van der Waals surface area contributed by atoms with Crippen molar-refractivity contribution < 1.29 is 22.4 Å². The molecule has 0 atom stereocenters. The van der Waals surface area contributed by atoms with Crippen LogP contribution in [-0.2, 0) is 21.2 Å². The lowest BCUT2D eigenvalue weighted by Crippen LogP contribution is -2.10. The van der Waals surface area contributed by atoms with Crippen LogP contribution in [0.2, 0.25) is 5.02 Å². The monoisotopic (exact) mass is 420 g/mol. The Kier molecular flexibility index (Phi) is 5.32. The number of hydrogen-bond acceptors (Lipinski definition) is 6. The van der Waals surface area contributed by atoms with Crippen LogP contribution in [0.5, 0.6) is 0 Å². The van der Waals surface area contributed by atoms with E-state index in [1.54, 1.807) is 32.0 Å². The van der Waals surface area contributed by atoms with Gasteiger partial charge in [0.15, 0.2) is 9.84 Å². The van der Waals surface area contributed by atoms with E-state index >= 15 is 0 Å². The highest BCUT2D eigenvalue weighted by molar-refractivity contribution is 7.90. The Morgan fingerprint density at radius 1 is 1.11 bits per heavy atom. The molecule has 0 aliphatic rings. The summed E-state index contributed by atoms with van der Waals surface area (Å²) in [5.41, 5.74) is 1.68. The van der Waals surface area contributed by atoms with E-state index in [-0.39, 0.29) is 17.1 Å². The second-order valence-corrected chi connectivity index (χ2v) is 8.94. The van der Waals surface area contributed by atoms with Gasteiger partial charge in [0.2, 0.25) is 0 Å². The van der Waals surface area contributed by atoms with Gasteiger partial charge >= 0.3 is 11.6 Å². The molecule has 3 aromatic rings. The molecule has 1 aromatic heterocycles. The zero-order valence-electron chi connectivity index (χ0n) is 15.4. The summed E-state index contributed by atoms with van der Waals surface area (Å²) in [5, 5.41) is 1.05. The van der Waals surface area contributed by atoms with Crippen molar-refractivity contribution in [3.8, 4) is 0 Å². The van der Waals surface area contributed by atoms with Crippen LogP contribution in [0.3, 0.4) is 0 Å². The Balaban J connectivity index is 1.94. The maximum Gasteiger partial charge on any atom is 0.338 e. The fourth-order valence-corrected chi connectivity index (χ4v) is 3.55. The zero-order valence-corrected chi connectivity index (χ0v) is 17.0. The molecule has 0 saturated carbocycles. The van der Waals surface area contributed by atoms with Crippen molar-refractivity contribution >= 4 is 38.4 Å². The SMILES string of the molecule is Cc1cc2oc(=O)cc(COC(=O)c3cc(S(C)(=O)=O)ccc3C)c2cc1Cl. The van der Waals surface area contributed by atoms with Gasteiger partial charge in [-0.25, -0.2) is 18.0 Å². The third-order valence-corrected chi connectivity index (χ3v) is 5.84. The van der Waals surface area contributed by atoms with Crippen LogP contribution in [-0.4, -0.2) is 20.6 Å². The third-order valence-electron chi connectivity index (χ3n) is 4.33. The normalized spacial score (nSPS) is 11.6. The predicted octanol–water partition coefficient (Wildman–Crippen LogP) is 3.82. The summed E-state index contributed by atoms with van der Waals surface area (Å²) in [6, 6.07) is 8.79. The number of sulfone groups is 1. The molecule has 1 heterocycles. The van der Waals surface area contributed by atoms with Crippen molar-refractivity contribution in [3.05, 3.63) is 74.1 Å². The number of carbonyl (C=O) groups excluding carboxylic acids is 1. The van der Waals surface area contributed by atoms with E-state index in [0.717, 1.165) is 11.8 Å². The van der Waals surface area contributed by atoms with E-state index in [0.29, 0.717) is 27.1 Å². The van der Waals surface area contributed by atoms with Gasteiger partial charge in [-0.3, -0.25) is 0 Å². The van der Waals surface area contributed by atoms with Gasteiger partial charge in [-0.15, -0.1) is 0 Å². The van der Waals surface area contributed by atoms with Gasteiger partial charge < -0.3 is 9.15 Å². The van der Waals surface area contributed by atoms with Crippen LogP contribution < -0.4 is 5.63 Å². The lowest BCUT2D eigenvalue weighted by Gasteiger charge is -2.10. The van der Waals surface area contributed by atoms with Crippen molar-refractivity contribution in [2.45, 2.75) is 25.3 Å². The summed E-state index contributed by atoms with van der Waals surface area (Å²) in [6.45, 7) is 3.27. The average Bonchev–Trinajstić information content (AvgIpc) is 2.60. The highest BCUT2D eigenvalue weighted by atomic mass is 35.5. The van der Waals surface area contributed by atoms with Crippen molar-refractivity contribution in [2.75, 3.05) is 6.26 Å². The van der Waals surface area contributed by atoms with Crippen molar-refractivity contribution in [1.82, 2.24) is 0 Å². The molecule has 6 nitrogen and oxygen atoms in total. The predicted molar refractivity (Wildman–Crippen MR) is 106 cm³/mol. The van der Waals surface area contributed by atoms with Crippen LogP contribution in [0.4, 0.5) is 0 Å². The Hall–Kier alpha value is -2.64. The Labute approximate surface area is 166 Å². The molecule has 0 saturated heterocycles. The van der Waals surface area contributed by atoms with Crippen LogP contribution in [0.15, 0.2) is 50.5 Å². The maximum atomic E-state index is 12.5. The molecular weight excluding hydrogens is 404 g/mol. The standard InChI is InChI=1S/C20H17ClO6S/c1-11-4-5-14(28(3,24)25)8-15(11)20(23)26-10-13-7-19(22)27-18-6-12(2)17(21)9-16(13)18/h4-9H,10H2,1-3H3. The minimum atomic E-state index is -3.46. The summed E-state index contributed by atoms with van der Waals surface area (Å²) < 4.78 is 34.0. The number of hydrogen-bond donors (Lipinski definition) is 0. The molecule has 0 N–H and O–H groups in total. The summed E-state index contributed by atoms with van der Waals surface area (Å²) in [5.74, 6) is -0.692. The summed E-state index contributed by atoms with van der Waals surface area (Å²) >= 11 is 6.15. The molecule has 0 fully saturated rings. The van der Waals surface area contributed by atoms with E-state index in [1.165, 1.54) is 18.2 Å². The number of benzene rings is 2. The summed E-state index contributed by atoms with van der Waals surface area (Å²) in [6.07, 6.45) is 1.06. The highest BCUT2D eigenvalue weighted by Gasteiger charge is 2.17. The van der Waals surface area contributed by atoms with Crippen LogP contribution in [0, 0.1) is 13.8 Å². The zero-order chi connectivity index (χ0) is 20.6. The van der Waals surface area contributed by atoms with Gasteiger partial charge in [0.25, 0.3) is 0 Å². The molecule has 146 valence electrons. The van der Waals surface area contributed by atoms with Gasteiger partial charge in [0.1, 0.15) is 12.2 Å². The fourth-order valence-electron chi connectivity index (χ4n) is 2.74. The molecule has 0 bridgehead atoms. The first-order valence-corrected chi connectivity index (χ1v) is 10.5. The number of fused-ring (bicyclic) bond motifs is 1. The Morgan fingerprint density at radius 3 is 2.50 bits per heavy atom. The first kappa shape index (κ1) is 20.1. The van der Waals surface area contributed by atoms with Crippen LogP contribution >= 0.6 is 11.6 Å². The summed E-state index contributed by atoms with van der Waals surface area (Å²) in [4.78, 5) is 24.4. The van der Waals surface area contributed by atoms with Gasteiger partial charge in [-0.05, 0) is 49.2 Å². The van der Waals surface area contributed by atoms with Gasteiger partial charge in [0.05, 0.1) is 10.5 Å². The first-order chi connectivity index (χ1) is 13.1. The van der Waals surface area contributed by atoms with Gasteiger partial charge in [0, 0.05) is 28.3 Å². The molecule has 28 heavy (non-hydrogen) atoms. The van der Waals surface area contributed by atoms with Crippen molar-refractivity contribution in [1.29, 1.82) is 0 Å². The quantitative estimate of drug-likeness (QED) is 0.470. The van der Waals surface area contributed by atoms with E-state index in [9.17, 15) is 18.0 Å². The minimum absolute atomic E-state index is 0.0260. The summed E-state index contributed by atoms with van der Waals surface area (Å²) in [7, 11) is -3.46. The lowest BCUT2D eigenvalue weighted by molar-refractivity contribution is 0.0472. The molecule has 0 aliphatic heterocycles. The van der Waals surface area contributed by atoms with Crippen LogP contribution in [0.25, 0.3) is 11.0 Å². The number of rotatable bonds is 4. The average molecular weight is 421 g/mol. The third kappa shape index (κ3) is 4.10. The van der Waals surface area contributed by atoms with E-state index in [4.69, 9.17) is 20.8 Å². The van der Waals surface area contributed by atoms with Gasteiger partial charge in [-0.1, -0.05) is 17.7 Å². The molecule has 0 aliphatic carbocycles. The molecular formula is C20H17ClO6S. The van der Waals surface area contributed by atoms with Gasteiger partial charge in [-0.2, -0.15) is 0 Å². The largest absolute Gasteiger partial charge is 0.457 e. The molecule has 0 spiro atoms. The smallest absolute Gasteiger partial charge is 0.338 e. The topological polar surface area (TPSA) is 90.7 Å². The molecule has 0 radical (unpaired) electrons. The van der Waals surface area contributed by atoms with Crippen LogP contribution in [0.1, 0.15) is 27.0 Å². The van der Waals surface area contributed by atoms with Crippen molar-refractivity contribution in [2.24, 2.45) is 0 Å². The number of halogens is 1. The Morgan fingerprint density at radius 2 is 1.82 bits per heavy atom. The first-order valence-electron chi connectivity index (χ1n) is 8.27. The second-order valence-electron chi connectivity index (χ2n) is 6.51. The molecule has 3 rings (SSSR count). The van der Waals surface area contributed by atoms with E-state index in [2.05, 4.69) is 0 Å². The Bertz CT molecular complexity index is 1260. The maximum absolute atomic E-state index is 12.5. The number of esters is 1. The number of ether oxygens (including phenoxy) is 1. The molecule has 8 heteroatoms. The van der Waals surface area contributed by atoms with E-state index < -0.39 is 21.4 Å². The number of carbonyl (C=O) groups is 1. The number of aryl methyl sites for hydroxylation is 2. The lowest BCUT2D eigenvalue weighted by atomic mass is 10.1. The molecule has 0 unspecified atom stereocenters. The van der Waals surface area contributed by atoms with E-state index in [1.807, 2.05) is 0 Å². The fraction of sp³-hybridized carbons (Fsp3) is 0.200. The second kappa shape index (κ2) is 7.41.